The van der Waals surface area contributed by atoms with Crippen LogP contribution in [0.2, 0.25) is 0 Å². The van der Waals surface area contributed by atoms with Gasteiger partial charge < -0.3 is 10.3 Å². The second-order valence-electron chi connectivity index (χ2n) is 2.39. The van der Waals surface area contributed by atoms with Crippen molar-refractivity contribution < 1.29 is 9.90 Å². The maximum Gasteiger partial charge on any atom is 0.519 e. The average Bonchev–Trinajstić information content (AvgIpc) is 2.06. The lowest BCUT2D eigenvalue weighted by Crippen LogP contribution is -2.44. The molecule has 0 saturated carbocycles. The van der Waals surface area contributed by atoms with Gasteiger partial charge in [-0.25, -0.2) is 9.63 Å². The first-order valence-electron chi connectivity index (χ1n) is 3.28. The summed E-state index contributed by atoms with van der Waals surface area (Å²) < 4.78 is -1.50. The Hall–Kier alpha value is -1.46. The molecule has 0 aliphatic rings. The highest BCUT2D eigenvalue weighted by Gasteiger charge is 2.25. The lowest BCUT2D eigenvalue weighted by molar-refractivity contribution is 0.170. The van der Waals surface area contributed by atoms with Crippen molar-refractivity contribution in [2.24, 2.45) is 0 Å². The van der Waals surface area contributed by atoms with Gasteiger partial charge in [-0.2, -0.15) is 4.79 Å². The largest absolute Gasteiger partial charge is 0.616 e. The van der Waals surface area contributed by atoms with Gasteiger partial charge in [-0.15, -0.1) is 0 Å². The van der Waals surface area contributed by atoms with Gasteiger partial charge >= 0.3 is 6.09 Å². The number of aromatic nitrogens is 1. The van der Waals surface area contributed by atoms with Crippen molar-refractivity contribution >= 4 is 11.9 Å². The van der Waals surface area contributed by atoms with Gasteiger partial charge in [0.25, 0.3) is 0 Å². The second kappa shape index (κ2) is 2.88. The number of quaternary nitrogens is 1. The van der Waals surface area contributed by atoms with Crippen molar-refractivity contribution in [2.45, 2.75) is 0 Å². The van der Waals surface area contributed by atoms with Crippen LogP contribution in [-0.4, -0.2) is 23.2 Å². The quantitative estimate of drug-likeness (QED) is 0.505. The maximum atomic E-state index is 11.3. The van der Waals surface area contributed by atoms with E-state index in [2.05, 4.69) is 4.98 Å². The molecule has 1 atom stereocenters. The third-order valence-electron chi connectivity index (χ3n) is 1.45. The molecule has 0 aromatic carbocycles. The molecule has 0 radical (unpaired) electrons. The third-order valence-corrected chi connectivity index (χ3v) is 1.45. The van der Waals surface area contributed by atoms with E-state index >= 15 is 0 Å². The molecule has 5 nitrogen and oxygen atoms in total. The Morgan fingerprint density at radius 3 is 2.75 bits per heavy atom. The molecule has 0 aliphatic heterocycles. The van der Waals surface area contributed by atoms with Crippen LogP contribution in [0.5, 0.6) is 0 Å². The zero-order chi connectivity index (χ0) is 9.19. The van der Waals surface area contributed by atoms with E-state index in [9.17, 15) is 10.0 Å². The van der Waals surface area contributed by atoms with Crippen LogP contribution in [0.15, 0.2) is 24.4 Å². The Labute approximate surface area is 69.1 Å². The smallest absolute Gasteiger partial charge is 0.519 e. The van der Waals surface area contributed by atoms with Crippen LogP contribution < -0.4 is 4.65 Å². The minimum Gasteiger partial charge on any atom is -0.616 e. The second-order valence-corrected chi connectivity index (χ2v) is 2.39. The fourth-order valence-corrected chi connectivity index (χ4v) is 0.704. The van der Waals surface area contributed by atoms with Crippen LogP contribution in [0.4, 0.5) is 10.6 Å². The first kappa shape index (κ1) is 8.63. The number of amides is 1. The molecule has 5 heteroatoms. The van der Waals surface area contributed by atoms with E-state index in [0.717, 1.165) is 7.05 Å². The molecule has 1 N–H and O–H groups in total. The lowest BCUT2D eigenvalue weighted by atomic mass is 10.4. The molecular formula is C7H8N2O3. The number of hydrogen-bond donors (Lipinski definition) is 1. The Kier molecular flexibility index (Phi) is 2.07. The predicted octanol–water partition coefficient (Wildman–Crippen LogP) is 1.19. The molecule has 1 rings (SSSR count). The van der Waals surface area contributed by atoms with Crippen LogP contribution in [0, 0.1) is 5.21 Å². The van der Waals surface area contributed by atoms with E-state index in [0.29, 0.717) is 0 Å². The molecule has 12 heavy (non-hydrogen) atoms. The number of rotatable bonds is 1. The van der Waals surface area contributed by atoms with Crippen molar-refractivity contribution in [3.05, 3.63) is 29.6 Å². The highest BCUT2D eigenvalue weighted by Crippen LogP contribution is 2.15. The van der Waals surface area contributed by atoms with Crippen molar-refractivity contribution in [3.8, 4) is 0 Å². The van der Waals surface area contributed by atoms with E-state index in [1.54, 1.807) is 12.1 Å². The van der Waals surface area contributed by atoms with Gasteiger partial charge in [0.05, 0.1) is 7.05 Å². The van der Waals surface area contributed by atoms with Crippen molar-refractivity contribution in [1.29, 1.82) is 0 Å². The van der Waals surface area contributed by atoms with E-state index in [-0.39, 0.29) is 5.82 Å². The Morgan fingerprint density at radius 1 is 1.67 bits per heavy atom. The standard InChI is InChI=1S/C7H8N2O3/c1-9(12,7(10)11)6-4-2-3-5-8-6/h2-5H,1H3,(H,10,11). The fourth-order valence-electron chi connectivity index (χ4n) is 0.704. The summed E-state index contributed by atoms with van der Waals surface area (Å²) >= 11 is 0. The van der Waals surface area contributed by atoms with Crippen molar-refractivity contribution in [3.63, 3.8) is 0 Å². The van der Waals surface area contributed by atoms with Crippen molar-refractivity contribution in [1.82, 2.24) is 9.63 Å². The normalized spacial score (nSPS) is 15.2. The van der Waals surface area contributed by atoms with E-state index in [4.69, 9.17) is 5.11 Å². The summed E-state index contributed by atoms with van der Waals surface area (Å²) in [5.74, 6) is -0.0370. The zero-order valence-electron chi connectivity index (χ0n) is 6.47. The van der Waals surface area contributed by atoms with Gasteiger partial charge in [-0.3, -0.25) is 0 Å². The molecule has 0 fully saturated rings. The molecule has 0 saturated heterocycles. The summed E-state index contributed by atoms with van der Waals surface area (Å²) in [5, 5.41) is 19.8. The molecule has 1 aromatic heterocycles. The predicted molar refractivity (Wildman–Crippen MR) is 43.3 cm³/mol. The van der Waals surface area contributed by atoms with Gasteiger partial charge in [0.1, 0.15) is 0 Å². The molecule has 1 unspecified atom stereocenters. The Balaban J connectivity index is 3.06. The van der Waals surface area contributed by atoms with Crippen molar-refractivity contribution in [2.75, 3.05) is 7.05 Å². The monoisotopic (exact) mass is 168 g/mol. The zero-order valence-corrected chi connectivity index (χ0v) is 6.47. The van der Waals surface area contributed by atoms with Crippen LogP contribution in [0.1, 0.15) is 0 Å². The van der Waals surface area contributed by atoms with E-state index in [1.807, 2.05) is 0 Å². The highest BCUT2D eigenvalue weighted by atomic mass is 16.6. The molecule has 0 aliphatic carbocycles. The average molecular weight is 168 g/mol. The van der Waals surface area contributed by atoms with Gasteiger partial charge in [0, 0.05) is 12.3 Å². The first-order valence-corrected chi connectivity index (χ1v) is 3.28. The molecule has 0 spiro atoms. The molecular weight excluding hydrogens is 160 g/mol. The van der Waals surface area contributed by atoms with Crippen LogP contribution >= 0.6 is 0 Å². The molecule has 1 heterocycles. The molecule has 0 bridgehead atoms. The maximum absolute atomic E-state index is 11.3. The summed E-state index contributed by atoms with van der Waals surface area (Å²) in [7, 11) is 1.02. The summed E-state index contributed by atoms with van der Waals surface area (Å²) in [6, 6.07) is 4.56. The lowest BCUT2D eigenvalue weighted by Gasteiger charge is -2.29. The van der Waals surface area contributed by atoms with Crippen LogP contribution in [0.25, 0.3) is 0 Å². The summed E-state index contributed by atoms with van der Waals surface area (Å²) in [6.45, 7) is 0. The highest BCUT2D eigenvalue weighted by molar-refractivity contribution is 5.79. The Bertz CT molecular complexity index is 284. The van der Waals surface area contributed by atoms with E-state index < -0.39 is 10.7 Å². The summed E-state index contributed by atoms with van der Waals surface area (Å²) in [6.07, 6.45) is -0.0964. The Morgan fingerprint density at radius 2 is 2.33 bits per heavy atom. The minimum atomic E-state index is -1.50. The van der Waals surface area contributed by atoms with E-state index in [1.165, 1.54) is 12.3 Å². The molecule has 64 valence electrons. The number of nitrogens with zero attached hydrogens (tertiary/aromatic N) is 2. The SMILES string of the molecule is C[N+]([O-])(C(=O)O)c1ccccn1. The fraction of sp³-hybridized carbons (Fsp3) is 0.143. The molecule has 1 amide bonds. The van der Waals surface area contributed by atoms with Crippen LogP contribution in [-0.2, 0) is 0 Å². The van der Waals surface area contributed by atoms with Gasteiger partial charge in [0.15, 0.2) is 0 Å². The van der Waals surface area contributed by atoms with Gasteiger partial charge in [-0.05, 0) is 6.07 Å². The molecule has 1 aromatic rings. The summed E-state index contributed by atoms with van der Waals surface area (Å²) in [4.78, 5) is 14.1. The summed E-state index contributed by atoms with van der Waals surface area (Å²) in [5.41, 5.74) is 0. The number of pyridine rings is 1. The van der Waals surface area contributed by atoms with Gasteiger partial charge in [-0.1, -0.05) is 6.07 Å². The topological polar surface area (TPSA) is 73.2 Å². The minimum absolute atomic E-state index is 0.0370. The number of carboxylic acid groups (broad SMARTS) is 1. The number of hydroxylamine groups is 2. The first-order chi connectivity index (χ1) is 5.55. The third kappa shape index (κ3) is 1.41. The number of hydrogen-bond acceptors (Lipinski definition) is 3. The number of carbonyl (C=O) groups is 1. The van der Waals surface area contributed by atoms with Gasteiger partial charge in [0.2, 0.25) is 5.82 Å². The van der Waals surface area contributed by atoms with Crippen LogP contribution in [0.3, 0.4) is 0 Å².